The number of hydrogen-bond acceptors (Lipinski definition) is 8. The average Bonchev–Trinajstić information content (AvgIpc) is 4.14. The molecule has 3 heterocycles. The van der Waals surface area contributed by atoms with Gasteiger partial charge in [0.05, 0.1) is 49.2 Å². The zero-order chi connectivity index (χ0) is 45.8. The fraction of sp³-hybridized carbons (Fsp3) is 0.458. The van der Waals surface area contributed by atoms with Crippen LogP contribution in [0.1, 0.15) is 102 Å². The van der Waals surface area contributed by atoms with Crippen molar-refractivity contribution in [3.05, 3.63) is 83.6 Å². The second kappa shape index (κ2) is 17.3. The number of fused-ring (bicyclic) bond motifs is 6. The van der Waals surface area contributed by atoms with Gasteiger partial charge in [0.1, 0.15) is 23.7 Å². The summed E-state index contributed by atoms with van der Waals surface area (Å²) in [7, 11) is 2.52. The molecule has 3 aliphatic rings. The molecule has 338 valence electrons. The summed E-state index contributed by atoms with van der Waals surface area (Å²) >= 11 is 0. The van der Waals surface area contributed by atoms with Crippen LogP contribution in [-0.4, -0.2) is 92.6 Å². The van der Waals surface area contributed by atoms with E-state index in [0.717, 1.165) is 30.3 Å². The Balaban J connectivity index is 1.03. The van der Waals surface area contributed by atoms with Crippen molar-refractivity contribution in [3.63, 3.8) is 0 Å². The van der Waals surface area contributed by atoms with Crippen LogP contribution >= 0.6 is 0 Å². The molecule has 1 saturated heterocycles. The molecule has 4 N–H and O–H groups in total. The second-order valence-electron chi connectivity index (χ2n) is 18.0. The lowest BCUT2D eigenvalue weighted by Crippen LogP contribution is -2.54. The molecular formula is C48H56F2N8O6. The number of aromatic nitrogens is 4. The third kappa shape index (κ3) is 7.84. The molecule has 2 aliphatic carbocycles. The zero-order valence-corrected chi connectivity index (χ0v) is 37.4. The SMILES string of the molecule is CCCN(C(=O)[C@H](NC(=O)OC)C(C)C)[C@@H](C)c1ncc(-c2ccc3c(c2)C(F)(F)c2cc(-c4ccc5nc([C@@H]6[C@H]7CC[C@H](C7)N6C(=O)[C@@H](NC(=O)OC)C(C)C)[nH]c5c4)ccc2-3)[nH]1. The number of ether oxygens (including phenoxy) is 2. The number of carbonyl (C=O) groups is 4. The van der Waals surface area contributed by atoms with Gasteiger partial charge >= 0.3 is 12.2 Å². The molecule has 8 rings (SSSR count). The molecule has 64 heavy (non-hydrogen) atoms. The highest BCUT2D eigenvalue weighted by molar-refractivity contribution is 5.89. The van der Waals surface area contributed by atoms with E-state index < -0.39 is 36.2 Å². The molecule has 5 aromatic rings. The molecule has 6 atom stereocenters. The highest BCUT2D eigenvalue weighted by atomic mass is 19.3. The molecule has 1 aliphatic heterocycles. The van der Waals surface area contributed by atoms with Crippen molar-refractivity contribution in [2.75, 3.05) is 20.8 Å². The number of piperidine rings is 1. The molecular weight excluding hydrogens is 823 g/mol. The van der Waals surface area contributed by atoms with Crippen molar-refractivity contribution in [3.8, 4) is 33.5 Å². The highest BCUT2D eigenvalue weighted by Gasteiger charge is 2.52. The first-order chi connectivity index (χ1) is 30.6. The Bertz CT molecular complexity index is 2610. The van der Waals surface area contributed by atoms with Crippen molar-refractivity contribution in [1.82, 2.24) is 40.4 Å². The monoisotopic (exact) mass is 878 g/mol. The molecule has 2 fully saturated rings. The minimum Gasteiger partial charge on any atom is -0.453 e. The number of alkyl carbamates (subject to hydrolysis) is 2. The Morgan fingerprint density at radius 2 is 1.45 bits per heavy atom. The zero-order valence-electron chi connectivity index (χ0n) is 37.4. The minimum absolute atomic E-state index is 0.0431. The molecule has 1 saturated carbocycles. The third-order valence-electron chi connectivity index (χ3n) is 13.3. The maximum absolute atomic E-state index is 16.6. The third-order valence-corrected chi connectivity index (χ3v) is 13.3. The van der Waals surface area contributed by atoms with Crippen LogP contribution in [0.2, 0.25) is 0 Å². The first kappa shape index (κ1) is 44.3. The number of halogens is 2. The van der Waals surface area contributed by atoms with Crippen LogP contribution in [0.5, 0.6) is 0 Å². The van der Waals surface area contributed by atoms with Crippen molar-refractivity contribution >= 4 is 35.0 Å². The number of H-pyrrole nitrogens is 2. The van der Waals surface area contributed by atoms with Crippen LogP contribution in [0.3, 0.4) is 0 Å². The lowest BCUT2D eigenvalue weighted by molar-refractivity contribution is -0.139. The van der Waals surface area contributed by atoms with Crippen molar-refractivity contribution < 1.29 is 37.4 Å². The van der Waals surface area contributed by atoms with E-state index in [1.165, 1.54) is 20.3 Å². The maximum atomic E-state index is 16.6. The van der Waals surface area contributed by atoms with Gasteiger partial charge in [0.25, 0.3) is 5.92 Å². The molecule has 3 aromatic carbocycles. The van der Waals surface area contributed by atoms with Gasteiger partial charge in [-0.25, -0.2) is 19.6 Å². The fourth-order valence-corrected chi connectivity index (χ4v) is 9.89. The number of imidazole rings is 2. The smallest absolute Gasteiger partial charge is 0.407 e. The maximum Gasteiger partial charge on any atom is 0.407 e. The minimum atomic E-state index is -3.30. The molecule has 0 unspecified atom stereocenters. The van der Waals surface area contributed by atoms with Crippen LogP contribution in [0.25, 0.3) is 44.5 Å². The van der Waals surface area contributed by atoms with Gasteiger partial charge in [0.15, 0.2) is 0 Å². The summed E-state index contributed by atoms with van der Waals surface area (Å²) in [5.41, 5.74) is 4.52. The normalized spacial score (nSPS) is 19.6. The molecule has 16 heteroatoms. The first-order valence-electron chi connectivity index (χ1n) is 22.1. The van der Waals surface area contributed by atoms with Crippen LogP contribution in [0.15, 0.2) is 60.8 Å². The van der Waals surface area contributed by atoms with E-state index in [1.807, 2.05) is 70.7 Å². The Morgan fingerprint density at radius 3 is 2.09 bits per heavy atom. The van der Waals surface area contributed by atoms with Gasteiger partial charge in [0.2, 0.25) is 11.8 Å². The van der Waals surface area contributed by atoms with E-state index in [9.17, 15) is 19.2 Å². The number of benzene rings is 3. The summed E-state index contributed by atoms with van der Waals surface area (Å²) in [5, 5.41) is 5.38. The number of carbonyl (C=O) groups excluding carboxylic acids is 4. The number of aromatic amines is 2. The Labute approximate surface area is 370 Å². The number of alkyl halides is 2. The lowest BCUT2D eigenvalue weighted by atomic mass is 9.95. The molecule has 14 nitrogen and oxygen atoms in total. The largest absolute Gasteiger partial charge is 0.453 e. The number of nitrogens with one attached hydrogen (secondary N) is 4. The van der Waals surface area contributed by atoms with E-state index in [2.05, 4.69) is 25.6 Å². The fourth-order valence-electron chi connectivity index (χ4n) is 9.89. The van der Waals surface area contributed by atoms with E-state index in [4.69, 9.17) is 14.5 Å². The number of methoxy groups -OCH3 is 2. The van der Waals surface area contributed by atoms with Crippen LogP contribution < -0.4 is 10.6 Å². The summed E-state index contributed by atoms with van der Waals surface area (Å²) in [6, 6.07) is 13.5. The van der Waals surface area contributed by atoms with Gasteiger partial charge in [-0.05, 0) is 96.9 Å². The van der Waals surface area contributed by atoms with Gasteiger partial charge < -0.3 is 39.9 Å². The number of nitrogens with zero attached hydrogens (tertiary/aromatic N) is 4. The molecule has 2 aromatic heterocycles. The van der Waals surface area contributed by atoms with Crippen LogP contribution in [0, 0.1) is 17.8 Å². The molecule has 0 spiro atoms. The van der Waals surface area contributed by atoms with Crippen LogP contribution in [0.4, 0.5) is 18.4 Å². The van der Waals surface area contributed by atoms with E-state index in [-0.39, 0.29) is 52.8 Å². The van der Waals surface area contributed by atoms with Crippen molar-refractivity contribution in [2.45, 2.75) is 103 Å². The molecule has 2 bridgehead atoms. The summed E-state index contributed by atoms with van der Waals surface area (Å²) in [4.78, 5) is 71.9. The van der Waals surface area contributed by atoms with E-state index >= 15 is 8.78 Å². The molecule has 0 radical (unpaired) electrons. The van der Waals surface area contributed by atoms with Gasteiger partial charge in [-0.3, -0.25) is 9.59 Å². The lowest BCUT2D eigenvalue weighted by Gasteiger charge is -2.37. The number of hydrogen-bond donors (Lipinski definition) is 4. The Morgan fingerprint density at radius 1 is 0.844 bits per heavy atom. The number of likely N-dealkylation sites (tertiary alicyclic amines) is 1. The first-order valence-corrected chi connectivity index (χ1v) is 22.1. The van der Waals surface area contributed by atoms with Gasteiger partial charge in [-0.1, -0.05) is 65.0 Å². The standard InChI is InChI=1S/C48H56F2N8O6/c1-9-18-57(44(59)39(24(2)3)55-46(61)63-7)26(6)42-51-23-38(54-42)29-12-16-33-32-15-11-27(20-34(32)48(49,50)35(33)21-29)28-13-17-36-37(22-28)53-43(52-36)41-30-10-14-31(19-30)58(41)45(60)40(25(4)5)56-47(62)64-8/h11-13,15-17,20-26,30-31,39-41H,9-10,14,18-19H2,1-8H3,(H,51,54)(H,52,53)(H,55,61)(H,56,62)/t26-,30-,31+,39+,40-,41-/m0/s1. The van der Waals surface area contributed by atoms with E-state index in [0.29, 0.717) is 58.1 Å². The second-order valence-corrected chi connectivity index (χ2v) is 18.0. The summed E-state index contributed by atoms with van der Waals surface area (Å²) in [5.74, 6) is -2.75. The number of rotatable bonds is 13. The van der Waals surface area contributed by atoms with Gasteiger partial charge in [0, 0.05) is 29.3 Å². The summed E-state index contributed by atoms with van der Waals surface area (Å²) < 4.78 is 42.8. The molecule has 4 amide bonds. The van der Waals surface area contributed by atoms with E-state index in [1.54, 1.807) is 35.4 Å². The average molecular weight is 879 g/mol. The van der Waals surface area contributed by atoms with Crippen molar-refractivity contribution in [1.29, 1.82) is 0 Å². The summed E-state index contributed by atoms with van der Waals surface area (Å²) in [6.07, 6.45) is 3.60. The quantitative estimate of drug-likeness (QED) is 0.0908. The predicted octanol–water partition coefficient (Wildman–Crippen LogP) is 8.85. The number of amides is 4. The Kier molecular flexibility index (Phi) is 12.0. The predicted molar refractivity (Wildman–Crippen MR) is 237 cm³/mol. The van der Waals surface area contributed by atoms with Crippen molar-refractivity contribution in [2.24, 2.45) is 17.8 Å². The van der Waals surface area contributed by atoms with Gasteiger partial charge in [-0.2, -0.15) is 8.78 Å². The van der Waals surface area contributed by atoms with Gasteiger partial charge in [-0.15, -0.1) is 0 Å². The Hall–Kier alpha value is -6.32. The highest BCUT2D eigenvalue weighted by Crippen LogP contribution is 2.53. The van der Waals surface area contributed by atoms with Crippen LogP contribution in [-0.2, 0) is 25.0 Å². The topological polar surface area (TPSA) is 175 Å². The summed E-state index contributed by atoms with van der Waals surface area (Å²) in [6.45, 7) is 11.7.